The van der Waals surface area contributed by atoms with Crippen LogP contribution in [0.25, 0.3) is 0 Å². The number of thioether (sulfide) groups is 1. The van der Waals surface area contributed by atoms with E-state index in [-0.39, 0.29) is 0 Å². The molecule has 3 nitrogen and oxygen atoms in total. The Hall–Kier alpha value is -1.13. The summed E-state index contributed by atoms with van der Waals surface area (Å²) < 4.78 is 5.11. The van der Waals surface area contributed by atoms with Gasteiger partial charge < -0.3 is 10.3 Å². The van der Waals surface area contributed by atoms with Gasteiger partial charge in [0.15, 0.2) is 0 Å². The number of rotatable bonds is 3. The molecular weight excluding hydrogens is 244 g/mol. The van der Waals surface area contributed by atoms with Crippen molar-refractivity contribution in [3.8, 4) is 0 Å². The third-order valence-electron chi connectivity index (χ3n) is 2.02. The van der Waals surface area contributed by atoms with Gasteiger partial charge in [0.05, 0.1) is 11.4 Å². The molecule has 16 heavy (non-hydrogen) atoms. The predicted octanol–water partition coefficient (Wildman–Crippen LogP) is 3.51. The third-order valence-corrected chi connectivity index (χ3v) is 3.35. The fraction of sp³-hybridized carbons (Fsp3) is 0.182. The van der Waals surface area contributed by atoms with E-state index >= 15 is 0 Å². The first-order valence-electron chi connectivity index (χ1n) is 4.75. The van der Waals surface area contributed by atoms with E-state index < -0.39 is 0 Å². The zero-order valence-corrected chi connectivity index (χ0v) is 10.3. The highest BCUT2D eigenvalue weighted by atomic mass is 35.5. The van der Waals surface area contributed by atoms with Crippen molar-refractivity contribution in [3.63, 3.8) is 0 Å². The molecule has 0 amide bonds. The Morgan fingerprint density at radius 3 is 2.94 bits per heavy atom. The first-order chi connectivity index (χ1) is 7.65. The quantitative estimate of drug-likeness (QED) is 0.673. The van der Waals surface area contributed by atoms with E-state index in [0.717, 1.165) is 22.0 Å². The fourth-order valence-electron chi connectivity index (χ4n) is 1.27. The number of hydrogen-bond acceptors (Lipinski definition) is 4. The topological polar surface area (TPSA) is 52.0 Å². The van der Waals surface area contributed by atoms with Gasteiger partial charge in [-0.05, 0) is 25.1 Å². The zero-order chi connectivity index (χ0) is 11.5. The monoisotopic (exact) mass is 254 g/mol. The molecule has 1 heterocycles. The lowest BCUT2D eigenvalue weighted by molar-refractivity contribution is 0.391. The molecule has 5 heteroatoms. The Bertz CT molecular complexity index is 498. The van der Waals surface area contributed by atoms with Crippen LogP contribution in [0.3, 0.4) is 0 Å². The van der Waals surface area contributed by atoms with Crippen LogP contribution < -0.4 is 5.73 Å². The number of hydrogen-bond donors (Lipinski definition) is 1. The van der Waals surface area contributed by atoms with Crippen LogP contribution in [-0.4, -0.2) is 5.16 Å². The van der Waals surface area contributed by atoms with Crippen molar-refractivity contribution in [2.75, 3.05) is 5.73 Å². The Kier molecular flexibility index (Phi) is 3.41. The summed E-state index contributed by atoms with van der Waals surface area (Å²) in [5, 5.41) is 4.51. The van der Waals surface area contributed by atoms with Crippen LogP contribution in [0, 0.1) is 6.92 Å². The summed E-state index contributed by atoms with van der Waals surface area (Å²) >= 11 is 7.48. The molecule has 0 saturated heterocycles. The first-order valence-corrected chi connectivity index (χ1v) is 6.11. The molecule has 1 aromatic carbocycles. The Morgan fingerprint density at radius 1 is 1.44 bits per heavy atom. The summed E-state index contributed by atoms with van der Waals surface area (Å²) in [6, 6.07) is 7.34. The summed E-state index contributed by atoms with van der Waals surface area (Å²) in [6.45, 7) is 1.89. The van der Waals surface area contributed by atoms with Gasteiger partial charge in [-0.15, -0.1) is 11.8 Å². The summed E-state index contributed by atoms with van der Waals surface area (Å²) in [7, 11) is 0. The smallest absolute Gasteiger partial charge is 0.147 e. The minimum absolute atomic E-state index is 0.686. The molecule has 1 aromatic heterocycles. The minimum atomic E-state index is 0.686. The Morgan fingerprint density at radius 2 is 2.25 bits per heavy atom. The van der Waals surface area contributed by atoms with E-state index in [1.165, 1.54) is 0 Å². The Labute approximate surface area is 103 Å². The highest BCUT2D eigenvalue weighted by Gasteiger charge is 2.05. The normalized spacial score (nSPS) is 10.6. The lowest BCUT2D eigenvalue weighted by Crippen LogP contribution is -1.88. The van der Waals surface area contributed by atoms with Gasteiger partial charge in [0.1, 0.15) is 5.76 Å². The van der Waals surface area contributed by atoms with Gasteiger partial charge >= 0.3 is 0 Å². The Balaban J connectivity index is 2.07. The van der Waals surface area contributed by atoms with Crippen LogP contribution in [-0.2, 0) is 5.75 Å². The molecule has 2 aromatic rings. The van der Waals surface area contributed by atoms with E-state index in [9.17, 15) is 0 Å². The third kappa shape index (κ3) is 2.71. The SMILES string of the molecule is Cc1cc(CSc2cc(Cl)ccc2N)on1. The summed E-state index contributed by atoms with van der Waals surface area (Å²) in [5.41, 5.74) is 7.44. The van der Waals surface area contributed by atoms with Crippen LogP contribution in [0.2, 0.25) is 5.02 Å². The summed E-state index contributed by atoms with van der Waals surface area (Å²) in [5.74, 6) is 1.53. The van der Waals surface area contributed by atoms with Gasteiger partial charge in [-0.3, -0.25) is 0 Å². The van der Waals surface area contributed by atoms with Crippen molar-refractivity contribution in [3.05, 3.63) is 40.7 Å². The molecule has 0 aliphatic rings. The fourth-order valence-corrected chi connectivity index (χ4v) is 2.38. The largest absolute Gasteiger partial charge is 0.398 e. The molecule has 2 rings (SSSR count). The number of halogens is 1. The molecule has 0 atom stereocenters. The highest BCUT2D eigenvalue weighted by molar-refractivity contribution is 7.98. The molecule has 0 saturated carbocycles. The molecular formula is C11H11ClN2OS. The van der Waals surface area contributed by atoms with Gasteiger partial charge in [-0.25, -0.2) is 0 Å². The van der Waals surface area contributed by atoms with Gasteiger partial charge in [0, 0.05) is 21.7 Å². The second-order valence-electron chi connectivity index (χ2n) is 3.41. The second kappa shape index (κ2) is 4.80. The average Bonchev–Trinajstić information content (AvgIpc) is 2.66. The summed E-state index contributed by atoms with van der Waals surface area (Å²) in [4.78, 5) is 0.960. The minimum Gasteiger partial charge on any atom is -0.398 e. The predicted molar refractivity (Wildman–Crippen MR) is 66.7 cm³/mol. The van der Waals surface area contributed by atoms with Gasteiger partial charge in [-0.1, -0.05) is 16.8 Å². The number of benzene rings is 1. The van der Waals surface area contributed by atoms with Crippen LogP contribution >= 0.6 is 23.4 Å². The molecule has 2 N–H and O–H groups in total. The van der Waals surface area contributed by atoms with Crippen LogP contribution in [0.5, 0.6) is 0 Å². The molecule has 0 unspecified atom stereocenters. The molecule has 0 bridgehead atoms. The molecule has 0 fully saturated rings. The number of nitrogen functional groups attached to an aromatic ring is 1. The molecule has 84 valence electrons. The number of aromatic nitrogens is 1. The number of aryl methyl sites for hydroxylation is 1. The van der Waals surface area contributed by atoms with Crippen molar-refractivity contribution >= 4 is 29.1 Å². The van der Waals surface area contributed by atoms with Gasteiger partial charge in [-0.2, -0.15) is 0 Å². The molecule has 0 spiro atoms. The number of anilines is 1. The maximum absolute atomic E-state index is 5.90. The molecule has 0 radical (unpaired) electrons. The van der Waals surface area contributed by atoms with E-state index in [2.05, 4.69) is 5.16 Å². The van der Waals surface area contributed by atoms with E-state index in [0.29, 0.717) is 10.8 Å². The summed E-state index contributed by atoms with van der Waals surface area (Å²) in [6.07, 6.45) is 0. The van der Waals surface area contributed by atoms with Crippen LogP contribution in [0.4, 0.5) is 5.69 Å². The van der Waals surface area contributed by atoms with E-state index in [1.807, 2.05) is 19.1 Å². The van der Waals surface area contributed by atoms with Crippen molar-refractivity contribution < 1.29 is 4.52 Å². The lowest BCUT2D eigenvalue weighted by Gasteiger charge is -2.03. The van der Waals surface area contributed by atoms with Crippen LogP contribution in [0.1, 0.15) is 11.5 Å². The van der Waals surface area contributed by atoms with Crippen LogP contribution in [0.15, 0.2) is 33.7 Å². The molecule has 0 aliphatic carbocycles. The van der Waals surface area contributed by atoms with Gasteiger partial charge in [0.25, 0.3) is 0 Å². The number of nitrogens with two attached hydrogens (primary N) is 1. The van der Waals surface area contributed by atoms with E-state index in [4.69, 9.17) is 21.9 Å². The van der Waals surface area contributed by atoms with E-state index in [1.54, 1.807) is 23.9 Å². The van der Waals surface area contributed by atoms with Crippen molar-refractivity contribution in [1.29, 1.82) is 0 Å². The maximum atomic E-state index is 5.90. The maximum Gasteiger partial charge on any atom is 0.147 e. The van der Waals surface area contributed by atoms with Gasteiger partial charge in [0.2, 0.25) is 0 Å². The molecule has 0 aliphatic heterocycles. The zero-order valence-electron chi connectivity index (χ0n) is 8.74. The lowest BCUT2D eigenvalue weighted by atomic mass is 10.3. The highest BCUT2D eigenvalue weighted by Crippen LogP contribution is 2.30. The number of nitrogens with zero attached hydrogens (tertiary/aromatic N) is 1. The average molecular weight is 255 g/mol. The second-order valence-corrected chi connectivity index (χ2v) is 4.86. The van der Waals surface area contributed by atoms with Crippen molar-refractivity contribution in [2.24, 2.45) is 0 Å². The van der Waals surface area contributed by atoms with Crippen molar-refractivity contribution in [2.45, 2.75) is 17.6 Å². The van der Waals surface area contributed by atoms with Crippen molar-refractivity contribution in [1.82, 2.24) is 5.16 Å². The standard InChI is InChI=1S/C11H11ClN2OS/c1-7-4-9(15-14-7)6-16-11-5-8(12)2-3-10(11)13/h2-5H,6,13H2,1H3. The first kappa shape index (κ1) is 11.4.